The van der Waals surface area contributed by atoms with E-state index in [-0.39, 0.29) is 5.75 Å². The molecule has 0 heterocycles. The van der Waals surface area contributed by atoms with Crippen molar-refractivity contribution in [2.75, 3.05) is 0 Å². The molecule has 0 aliphatic heterocycles. The van der Waals surface area contributed by atoms with Gasteiger partial charge in [-0.3, -0.25) is 4.79 Å². The van der Waals surface area contributed by atoms with Crippen molar-refractivity contribution in [1.82, 2.24) is 5.43 Å². The number of carbonyl (C=O) groups is 2. The van der Waals surface area contributed by atoms with Gasteiger partial charge in [-0.05, 0) is 79.2 Å². The number of carbonyl (C=O) groups excluding carboxylic acids is 2. The average molecular weight is 578 g/mol. The summed E-state index contributed by atoms with van der Waals surface area (Å²) in [5.41, 5.74) is 6.01. The Hall–Kier alpha value is -3.94. The van der Waals surface area contributed by atoms with Crippen molar-refractivity contribution in [2.24, 2.45) is 5.10 Å². The maximum Gasteiger partial charge on any atom is 0.343 e. The molecule has 0 saturated carbocycles. The second-order valence-corrected chi connectivity index (χ2v) is 9.43. The lowest BCUT2D eigenvalue weighted by molar-refractivity contribution is 0.0734. The van der Waals surface area contributed by atoms with E-state index < -0.39 is 11.9 Å². The quantitative estimate of drug-likeness (QED) is 0.106. The van der Waals surface area contributed by atoms with Gasteiger partial charge in [-0.15, -0.1) is 0 Å². The fraction of sp³-hybridized carbons (Fsp3) is 0.0690. The van der Waals surface area contributed by atoms with Crippen LogP contribution in [0, 0.1) is 6.92 Å². The highest BCUT2D eigenvalue weighted by Gasteiger charge is 2.12. The third-order valence-electron chi connectivity index (χ3n) is 5.27. The van der Waals surface area contributed by atoms with Crippen LogP contribution in [-0.2, 0) is 6.61 Å². The van der Waals surface area contributed by atoms with E-state index in [4.69, 9.17) is 21.1 Å². The molecule has 0 fully saturated rings. The van der Waals surface area contributed by atoms with Gasteiger partial charge in [-0.1, -0.05) is 57.4 Å². The van der Waals surface area contributed by atoms with Crippen LogP contribution in [0.5, 0.6) is 11.5 Å². The summed E-state index contributed by atoms with van der Waals surface area (Å²) in [6.45, 7) is 2.47. The largest absolute Gasteiger partial charge is 0.489 e. The van der Waals surface area contributed by atoms with E-state index in [1.807, 2.05) is 31.2 Å². The van der Waals surface area contributed by atoms with Crippen LogP contribution in [0.25, 0.3) is 0 Å². The minimum atomic E-state index is -0.539. The van der Waals surface area contributed by atoms with E-state index in [1.165, 1.54) is 11.8 Å². The second kappa shape index (κ2) is 12.3. The summed E-state index contributed by atoms with van der Waals surface area (Å²) in [5, 5.41) is 4.55. The van der Waals surface area contributed by atoms with Gasteiger partial charge < -0.3 is 9.47 Å². The van der Waals surface area contributed by atoms with Gasteiger partial charge in [0.15, 0.2) is 0 Å². The summed E-state index contributed by atoms with van der Waals surface area (Å²) in [7, 11) is 0. The zero-order valence-corrected chi connectivity index (χ0v) is 22.1. The van der Waals surface area contributed by atoms with Crippen molar-refractivity contribution in [3.05, 3.63) is 128 Å². The molecule has 0 aliphatic carbocycles. The predicted molar refractivity (Wildman–Crippen MR) is 148 cm³/mol. The lowest BCUT2D eigenvalue weighted by atomic mass is 10.2. The van der Waals surface area contributed by atoms with Crippen molar-refractivity contribution >= 4 is 45.6 Å². The zero-order valence-electron chi connectivity index (χ0n) is 19.8. The highest BCUT2D eigenvalue weighted by Crippen LogP contribution is 2.23. The summed E-state index contributed by atoms with van der Waals surface area (Å²) in [6.07, 6.45) is 1.41. The monoisotopic (exact) mass is 576 g/mol. The Balaban J connectivity index is 1.36. The van der Waals surface area contributed by atoms with Crippen LogP contribution in [0.3, 0.4) is 0 Å². The number of hydrogen-bond donors (Lipinski definition) is 1. The molecule has 0 saturated heterocycles. The minimum Gasteiger partial charge on any atom is -0.489 e. The molecule has 0 atom stereocenters. The van der Waals surface area contributed by atoms with Gasteiger partial charge in [0.2, 0.25) is 0 Å². The van der Waals surface area contributed by atoms with E-state index >= 15 is 0 Å². The Morgan fingerprint density at radius 1 is 0.919 bits per heavy atom. The number of hydrogen-bond acceptors (Lipinski definition) is 5. The molecule has 6 nitrogen and oxygen atoms in total. The second-order valence-electron chi connectivity index (χ2n) is 8.08. The number of ether oxygens (including phenoxy) is 2. The Bertz CT molecular complexity index is 1420. The molecule has 4 aromatic carbocycles. The van der Waals surface area contributed by atoms with Crippen molar-refractivity contribution in [1.29, 1.82) is 0 Å². The number of hydrazone groups is 1. The molecular weight excluding hydrogens is 556 g/mol. The van der Waals surface area contributed by atoms with Gasteiger partial charge in [0.25, 0.3) is 5.91 Å². The van der Waals surface area contributed by atoms with Crippen molar-refractivity contribution < 1.29 is 19.1 Å². The number of rotatable bonds is 8. The molecule has 0 aliphatic rings. The standard InChI is InChI=1S/C29H22BrClN2O4/c1-19-2-4-20(5-3-19)18-36-26-13-8-21(9-14-26)28(34)33-32-17-23-16-24(30)10-15-27(23)37-29(35)22-6-11-25(31)12-7-22/h2-17H,18H2,1H3,(H,33,34)/b32-17-. The molecule has 1 N–H and O–H groups in total. The molecular formula is C29H22BrClN2O4. The molecule has 4 aromatic rings. The van der Waals surface area contributed by atoms with E-state index in [0.717, 1.165) is 10.0 Å². The first kappa shape index (κ1) is 26.1. The smallest absolute Gasteiger partial charge is 0.343 e. The number of nitrogens with one attached hydrogen (secondary N) is 1. The highest BCUT2D eigenvalue weighted by atomic mass is 79.9. The Labute approximate surface area is 228 Å². The average Bonchev–Trinajstić information content (AvgIpc) is 2.90. The number of nitrogens with zero attached hydrogens (tertiary/aromatic N) is 1. The van der Waals surface area contributed by atoms with Crippen LogP contribution in [0.1, 0.15) is 37.4 Å². The lowest BCUT2D eigenvalue weighted by Gasteiger charge is -2.08. The first-order chi connectivity index (χ1) is 17.9. The molecule has 1 amide bonds. The molecule has 186 valence electrons. The first-order valence-corrected chi connectivity index (χ1v) is 12.4. The summed E-state index contributed by atoms with van der Waals surface area (Å²) in [5.74, 6) is 0.0107. The van der Waals surface area contributed by atoms with E-state index in [0.29, 0.717) is 34.1 Å². The molecule has 0 aromatic heterocycles. The van der Waals surface area contributed by atoms with E-state index in [1.54, 1.807) is 66.7 Å². The zero-order chi connectivity index (χ0) is 26.2. The number of aryl methyl sites for hydroxylation is 1. The summed E-state index contributed by atoms with van der Waals surface area (Å²) >= 11 is 9.27. The van der Waals surface area contributed by atoms with Crippen LogP contribution in [0.2, 0.25) is 5.02 Å². The Morgan fingerprint density at radius 3 is 2.30 bits per heavy atom. The third-order valence-corrected chi connectivity index (χ3v) is 6.01. The number of amides is 1. The van der Waals surface area contributed by atoms with Crippen molar-refractivity contribution in [2.45, 2.75) is 13.5 Å². The molecule has 8 heteroatoms. The van der Waals surface area contributed by atoms with Crippen LogP contribution >= 0.6 is 27.5 Å². The van der Waals surface area contributed by atoms with Gasteiger partial charge in [0, 0.05) is 20.6 Å². The van der Waals surface area contributed by atoms with Crippen LogP contribution in [0.4, 0.5) is 0 Å². The predicted octanol–water partition coefficient (Wildman–Crippen LogP) is 6.97. The maximum atomic E-state index is 12.5. The maximum absolute atomic E-state index is 12.5. The Morgan fingerprint density at radius 2 is 1.59 bits per heavy atom. The number of esters is 1. The van der Waals surface area contributed by atoms with Gasteiger partial charge >= 0.3 is 5.97 Å². The van der Waals surface area contributed by atoms with E-state index in [2.05, 4.69) is 26.5 Å². The van der Waals surface area contributed by atoms with Crippen LogP contribution < -0.4 is 14.9 Å². The minimum absolute atomic E-state index is 0.288. The van der Waals surface area contributed by atoms with Gasteiger partial charge in [-0.2, -0.15) is 5.10 Å². The summed E-state index contributed by atoms with van der Waals surface area (Å²) < 4.78 is 12.1. The topological polar surface area (TPSA) is 77.0 Å². The van der Waals surface area contributed by atoms with Gasteiger partial charge in [0.05, 0.1) is 11.8 Å². The van der Waals surface area contributed by atoms with E-state index in [9.17, 15) is 9.59 Å². The fourth-order valence-corrected chi connectivity index (χ4v) is 3.74. The Kier molecular flexibility index (Phi) is 8.72. The normalized spacial score (nSPS) is 10.8. The van der Waals surface area contributed by atoms with Gasteiger partial charge in [-0.25, -0.2) is 10.2 Å². The summed E-state index contributed by atoms with van der Waals surface area (Å²) in [4.78, 5) is 25.0. The molecule has 37 heavy (non-hydrogen) atoms. The number of halogens is 2. The number of benzene rings is 4. The molecule has 0 radical (unpaired) electrons. The molecule has 0 unspecified atom stereocenters. The molecule has 0 bridgehead atoms. The summed E-state index contributed by atoms with van der Waals surface area (Å²) in [6, 6.07) is 26.4. The van der Waals surface area contributed by atoms with Gasteiger partial charge in [0.1, 0.15) is 18.1 Å². The van der Waals surface area contributed by atoms with Crippen LogP contribution in [-0.4, -0.2) is 18.1 Å². The van der Waals surface area contributed by atoms with Crippen molar-refractivity contribution in [3.8, 4) is 11.5 Å². The van der Waals surface area contributed by atoms with Crippen molar-refractivity contribution in [3.63, 3.8) is 0 Å². The molecule has 0 spiro atoms. The lowest BCUT2D eigenvalue weighted by Crippen LogP contribution is -2.17. The first-order valence-electron chi connectivity index (χ1n) is 11.3. The SMILES string of the molecule is Cc1ccc(COc2ccc(C(=O)N/N=C\c3cc(Br)ccc3OC(=O)c3ccc(Cl)cc3)cc2)cc1. The third kappa shape index (κ3) is 7.52. The van der Waals surface area contributed by atoms with Crippen LogP contribution in [0.15, 0.2) is 101 Å². The fourth-order valence-electron chi connectivity index (χ4n) is 3.24. The highest BCUT2D eigenvalue weighted by molar-refractivity contribution is 9.10. The molecule has 4 rings (SSSR count).